The van der Waals surface area contributed by atoms with E-state index in [2.05, 4.69) is 17.3 Å². The minimum Gasteiger partial charge on any atom is -0.497 e. The largest absolute Gasteiger partial charge is 0.497 e. The lowest BCUT2D eigenvalue weighted by Crippen LogP contribution is -2.47. The Morgan fingerprint density at radius 1 is 1.11 bits per heavy atom. The second-order valence-electron chi connectivity index (χ2n) is 11.0. The number of hydrogen-bond donors (Lipinski definition) is 1. The van der Waals surface area contributed by atoms with Crippen molar-refractivity contribution in [3.05, 3.63) is 23.3 Å². The number of aryl methyl sites for hydroxylation is 2. The summed E-state index contributed by atoms with van der Waals surface area (Å²) in [5.74, 6) is 1.29. The number of nitrogens with zero attached hydrogens (tertiary/aromatic N) is 3. The van der Waals surface area contributed by atoms with Gasteiger partial charge in [0.2, 0.25) is 15.9 Å². The molecule has 1 aromatic carbocycles. The quantitative estimate of drug-likeness (QED) is 0.399. The molecular formula is C28H48N4O5S. The predicted molar refractivity (Wildman–Crippen MR) is 150 cm³/mol. The van der Waals surface area contributed by atoms with E-state index >= 15 is 0 Å². The Bertz CT molecular complexity index is 1000. The highest BCUT2D eigenvalue weighted by atomic mass is 32.2. The molecule has 0 radical (unpaired) electrons. The first-order valence-electron chi connectivity index (χ1n) is 13.9. The van der Waals surface area contributed by atoms with E-state index in [0.29, 0.717) is 28.8 Å². The third-order valence-electron chi connectivity index (χ3n) is 8.30. The number of ether oxygens (including phenoxy) is 2. The van der Waals surface area contributed by atoms with Gasteiger partial charge in [-0.2, -0.15) is 4.31 Å². The third kappa shape index (κ3) is 7.91. The SMILES string of the molecule is CN[C@H]1CCCN(C[C@H]2CC[C@@H](N(C)C(=O)COCCN(C)S(=O)(=O)c3c(C)cc(OC)cc3C)CC2)C1. The van der Waals surface area contributed by atoms with Gasteiger partial charge in [-0.05, 0) is 95.1 Å². The van der Waals surface area contributed by atoms with Crippen LogP contribution in [0.25, 0.3) is 0 Å². The molecule has 2 fully saturated rings. The molecule has 0 aromatic heterocycles. The molecule has 1 amide bonds. The van der Waals surface area contributed by atoms with Crippen molar-refractivity contribution in [1.82, 2.24) is 19.4 Å². The maximum absolute atomic E-state index is 13.1. The Morgan fingerprint density at radius 3 is 2.37 bits per heavy atom. The minimum absolute atomic E-state index is 0.0376. The molecule has 1 aliphatic carbocycles. The van der Waals surface area contributed by atoms with E-state index in [-0.39, 0.29) is 36.6 Å². The number of methoxy groups -OCH3 is 1. The van der Waals surface area contributed by atoms with Crippen LogP contribution in [0.15, 0.2) is 17.0 Å². The predicted octanol–water partition coefficient (Wildman–Crippen LogP) is 2.65. The van der Waals surface area contributed by atoms with Gasteiger partial charge in [-0.1, -0.05) is 0 Å². The zero-order valence-corrected chi connectivity index (χ0v) is 25.0. The smallest absolute Gasteiger partial charge is 0.248 e. The Balaban J connectivity index is 1.39. The first-order valence-corrected chi connectivity index (χ1v) is 15.3. The van der Waals surface area contributed by atoms with Crippen molar-refractivity contribution in [3.63, 3.8) is 0 Å². The normalized spacial score (nSPS) is 23.0. The van der Waals surface area contributed by atoms with Gasteiger partial charge in [0.05, 0.1) is 18.6 Å². The van der Waals surface area contributed by atoms with Crippen molar-refractivity contribution in [3.8, 4) is 5.75 Å². The number of carbonyl (C=O) groups is 1. The molecule has 1 atom stereocenters. The second kappa shape index (κ2) is 14.1. The molecule has 38 heavy (non-hydrogen) atoms. The molecular weight excluding hydrogens is 504 g/mol. The molecule has 1 aromatic rings. The lowest BCUT2D eigenvalue weighted by atomic mass is 9.84. The second-order valence-corrected chi connectivity index (χ2v) is 13.0. The molecule has 0 spiro atoms. The van der Waals surface area contributed by atoms with Gasteiger partial charge in [-0.25, -0.2) is 8.42 Å². The number of likely N-dealkylation sites (tertiary alicyclic amines) is 1. The summed E-state index contributed by atoms with van der Waals surface area (Å²) < 4.78 is 38.4. The van der Waals surface area contributed by atoms with Crippen LogP contribution in [0, 0.1) is 19.8 Å². The van der Waals surface area contributed by atoms with Crippen molar-refractivity contribution in [2.45, 2.75) is 69.4 Å². The molecule has 0 unspecified atom stereocenters. The maximum Gasteiger partial charge on any atom is 0.248 e. The lowest BCUT2D eigenvalue weighted by Gasteiger charge is -2.39. The van der Waals surface area contributed by atoms with Gasteiger partial charge < -0.3 is 24.6 Å². The fourth-order valence-electron chi connectivity index (χ4n) is 5.91. The number of carbonyl (C=O) groups excluding carboxylic acids is 1. The molecule has 2 aliphatic rings. The summed E-state index contributed by atoms with van der Waals surface area (Å²) in [6.45, 7) is 7.32. The van der Waals surface area contributed by atoms with Gasteiger partial charge in [0.25, 0.3) is 0 Å². The summed E-state index contributed by atoms with van der Waals surface area (Å²) in [5.41, 5.74) is 1.28. The number of likely N-dealkylation sites (N-methyl/N-ethyl adjacent to an activating group) is 3. The van der Waals surface area contributed by atoms with E-state index in [4.69, 9.17) is 9.47 Å². The number of sulfonamides is 1. The van der Waals surface area contributed by atoms with E-state index < -0.39 is 10.0 Å². The topological polar surface area (TPSA) is 91.4 Å². The molecule has 1 aliphatic heterocycles. The van der Waals surface area contributed by atoms with Crippen LogP contribution in [0.1, 0.15) is 49.7 Å². The summed E-state index contributed by atoms with van der Waals surface area (Å²) in [6.07, 6.45) is 6.88. The zero-order chi connectivity index (χ0) is 27.9. The highest BCUT2D eigenvalue weighted by molar-refractivity contribution is 7.89. The zero-order valence-electron chi connectivity index (χ0n) is 24.2. The average molecular weight is 553 g/mol. The highest BCUT2D eigenvalue weighted by Gasteiger charge is 2.29. The van der Waals surface area contributed by atoms with Crippen LogP contribution in [-0.2, 0) is 19.6 Å². The van der Waals surface area contributed by atoms with Crippen LogP contribution in [-0.4, -0.2) is 108 Å². The van der Waals surface area contributed by atoms with Crippen molar-refractivity contribution >= 4 is 15.9 Å². The Labute approximate surface area is 229 Å². The summed E-state index contributed by atoms with van der Waals surface area (Å²) >= 11 is 0. The molecule has 216 valence electrons. The van der Waals surface area contributed by atoms with E-state index in [1.165, 1.54) is 30.7 Å². The number of benzene rings is 1. The monoisotopic (exact) mass is 552 g/mol. The van der Waals surface area contributed by atoms with Crippen molar-refractivity contribution in [1.29, 1.82) is 0 Å². The van der Waals surface area contributed by atoms with E-state index in [0.717, 1.165) is 38.8 Å². The maximum atomic E-state index is 13.1. The highest BCUT2D eigenvalue weighted by Crippen LogP contribution is 2.29. The van der Waals surface area contributed by atoms with Crippen LogP contribution in [0.4, 0.5) is 0 Å². The third-order valence-corrected chi connectivity index (χ3v) is 10.5. The summed E-state index contributed by atoms with van der Waals surface area (Å²) in [5, 5.41) is 3.42. The standard InChI is InChI=1S/C28H48N4O5S/c1-21-16-26(36-6)17-22(2)28(21)38(34,35)30(4)14-15-37-20-27(33)31(5)25-11-9-23(10-12-25)18-32-13-7-8-24(19-32)29-3/h16-17,23-25,29H,7-15,18-20H2,1-6H3/t23-,24-,25+/m0/s1. The molecule has 9 nitrogen and oxygen atoms in total. The first-order chi connectivity index (χ1) is 18.1. The van der Waals surface area contributed by atoms with Crippen molar-refractivity contribution in [2.24, 2.45) is 5.92 Å². The van der Waals surface area contributed by atoms with E-state index in [1.807, 2.05) is 11.9 Å². The van der Waals surface area contributed by atoms with Crippen LogP contribution >= 0.6 is 0 Å². The molecule has 1 heterocycles. The van der Waals surface area contributed by atoms with Crippen molar-refractivity contribution in [2.75, 3.05) is 67.6 Å². The molecule has 3 rings (SSSR count). The van der Waals surface area contributed by atoms with Crippen LogP contribution in [0.5, 0.6) is 5.75 Å². The summed E-state index contributed by atoms with van der Waals surface area (Å²) in [7, 11) is 3.34. The van der Waals surface area contributed by atoms with Crippen LogP contribution in [0.3, 0.4) is 0 Å². The summed E-state index contributed by atoms with van der Waals surface area (Å²) in [6, 6.07) is 4.30. The molecule has 1 N–H and O–H groups in total. The fraction of sp³-hybridized carbons (Fsp3) is 0.750. The average Bonchev–Trinajstić information content (AvgIpc) is 2.90. The van der Waals surface area contributed by atoms with Gasteiger partial charge in [-0.3, -0.25) is 4.79 Å². The molecule has 0 bridgehead atoms. The fourth-order valence-corrected chi connectivity index (χ4v) is 7.46. The molecule has 1 saturated carbocycles. The van der Waals surface area contributed by atoms with Gasteiger partial charge in [-0.15, -0.1) is 0 Å². The Morgan fingerprint density at radius 2 is 1.76 bits per heavy atom. The number of hydrogen-bond acceptors (Lipinski definition) is 7. The van der Waals surface area contributed by atoms with E-state index in [9.17, 15) is 13.2 Å². The van der Waals surface area contributed by atoms with Gasteiger partial charge in [0, 0.05) is 45.8 Å². The molecule has 1 saturated heterocycles. The minimum atomic E-state index is -3.68. The van der Waals surface area contributed by atoms with Crippen molar-refractivity contribution < 1.29 is 22.7 Å². The number of nitrogens with one attached hydrogen (secondary N) is 1. The summed E-state index contributed by atoms with van der Waals surface area (Å²) in [4.78, 5) is 17.5. The van der Waals surface area contributed by atoms with Crippen LogP contribution in [0.2, 0.25) is 0 Å². The van der Waals surface area contributed by atoms with Gasteiger partial charge in [0.1, 0.15) is 12.4 Å². The molecule has 10 heteroatoms. The van der Waals surface area contributed by atoms with E-state index in [1.54, 1.807) is 33.1 Å². The number of piperidine rings is 1. The number of amides is 1. The Hall–Kier alpha value is -1.72. The lowest BCUT2D eigenvalue weighted by molar-refractivity contribution is -0.137. The van der Waals surface area contributed by atoms with Gasteiger partial charge >= 0.3 is 0 Å². The first kappa shape index (κ1) is 30.8. The number of rotatable bonds is 12. The Kier molecular flexibility index (Phi) is 11.4. The van der Waals surface area contributed by atoms with Crippen LogP contribution < -0.4 is 10.1 Å². The van der Waals surface area contributed by atoms with Gasteiger partial charge in [0.15, 0.2) is 0 Å².